The fraction of sp³-hybridized carbons (Fsp3) is 0.429. The third-order valence-electron chi connectivity index (χ3n) is 3.05. The van der Waals surface area contributed by atoms with E-state index in [0.717, 1.165) is 6.42 Å². The molecule has 1 aromatic carbocycles. The Kier molecular flexibility index (Phi) is 3.01. The van der Waals surface area contributed by atoms with E-state index in [2.05, 4.69) is 49.7 Å². The fourth-order valence-electron chi connectivity index (χ4n) is 2.18. The molecule has 2 aromatic rings. The van der Waals surface area contributed by atoms with Crippen molar-refractivity contribution in [2.75, 3.05) is 6.61 Å². The predicted molar refractivity (Wildman–Crippen MR) is 67.8 cm³/mol. The van der Waals surface area contributed by atoms with E-state index in [0.29, 0.717) is 6.04 Å². The quantitative estimate of drug-likeness (QED) is 0.839. The van der Waals surface area contributed by atoms with E-state index >= 15 is 0 Å². The number of aliphatic hydroxyl groups is 1. The van der Waals surface area contributed by atoms with Crippen LogP contribution in [-0.4, -0.2) is 16.3 Å². The molecule has 1 aromatic heterocycles. The fourth-order valence-corrected chi connectivity index (χ4v) is 2.18. The van der Waals surface area contributed by atoms with E-state index in [1.165, 1.54) is 22.0 Å². The smallest absolute Gasteiger partial charge is 0.0485 e. The highest BCUT2D eigenvalue weighted by Gasteiger charge is 2.08. The number of fused-ring (bicyclic) bond motifs is 1. The maximum atomic E-state index is 8.95. The number of aromatic nitrogens is 1. The molecule has 2 heteroatoms. The number of hydrogen-bond acceptors (Lipinski definition) is 1. The highest BCUT2D eigenvalue weighted by molar-refractivity contribution is 5.84. The summed E-state index contributed by atoms with van der Waals surface area (Å²) in [5.41, 5.74) is 3.80. The SMILES string of the molecule is Cc1cn(C(C)C)c2ccc(CCO)cc12. The Morgan fingerprint density at radius 3 is 2.69 bits per heavy atom. The van der Waals surface area contributed by atoms with Gasteiger partial charge >= 0.3 is 0 Å². The normalized spacial score (nSPS) is 11.6. The van der Waals surface area contributed by atoms with Crippen molar-refractivity contribution >= 4 is 10.9 Å². The van der Waals surface area contributed by atoms with Crippen LogP contribution in [-0.2, 0) is 6.42 Å². The van der Waals surface area contributed by atoms with Crippen molar-refractivity contribution in [2.45, 2.75) is 33.2 Å². The minimum absolute atomic E-state index is 0.218. The lowest BCUT2D eigenvalue weighted by Gasteiger charge is -2.09. The van der Waals surface area contributed by atoms with Crippen molar-refractivity contribution in [3.63, 3.8) is 0 Å². The topological polar surface area (TPSA) is 25.2 Å². The Bertz CT molecular complexity index is 497. The van der Waals surface area contributed by atoms with Crippen LogP contribution in [0, 0.1) is 6.92 Å². The predicted octanol–water partition coefficient (Wildman–Crippen LogP) is 3.07. The van der Waals surface area contributed by atoms with Gasteiger partial charge in [0.15, 0.2) is 0 Å². The maximum Gasteiger partial charge on any atom is 0.0485 e. The van der Waals surface area contributed by atoms with E-state index in [1.807, 2.05) is 0 Å². The summed E-state index contributed by atoms with van der Waals surface area (Å²) in [6.07, 6.45) is 2.94. The highest BCUT2D eigenvalue weighted by Crippen LogP contribution is 2.25. The van der Waals surface area contributed by atoms with E-state index in [-0.39, 0.29) is 6.61 Å². The van der Waals surface area contributed by atoms with Crippen molar-refractivity contribution in [3.8, 4) is 0 Å². The van der Waals surface area contributed by atoms with E-state index in [9.17, 15) is 0 Å². The molecule has 2 nitrogen and oxygen atoms in total. The summed E-state index contributed by atoms with van der Waals surface area (Å²) in [5, 5.41) is 10.3. The van der Waals surface area contributed by atoms with Gasteiger partial charge in [0.1, 0.15) is 0 Å². The Morgan fingerprint density at radius 2 is 2.06 bits per heavy atom. The molecule has 86 valence electrons. The summed E-state index contributed by atoms with van der Waals surface area (Å²) in [7, 11) is 0. The van der Waals surface area contributed by atoms with Crippen LogP contribution >= 0.6 is 0 Å². The number of aryl methyl sites for hydroxylation is 1. The molecule has 0 radical (unpaired) electrons. The van der Waals surface area contributed by atoms with Gasteiger partial charge in [-0.2, -0.15) is 0 Å². The largest absolute Gasteiger partial charge is 0.396 e. The van der Waals surface area contributed by atoms with Crippen molar-refractivity contribution in [3.05, 3.63) is 35.5 Å². The molecular formula is C14H19NO. The molecular weight excluding hydrogens is 198 g/mol. The zero-order valence-electron chi connectivity index (χ0n) is 10.2. The molecule has 0 saturated heterocycles. The summed E-state index contributed by atoms with van der Waals surface area (Å²) in [6.45, 7) is 6.75. The summed E-state index contributed by atoms with van der Waals surface area (Å²) in [5.74, 6) is 0. The molecule has 0 unspecified atom stereocenters. The summed E-state index contributed by atoms with van der Waals surface area (Å²) < 4.78 is 2.30. The third-order valence-corrected chi connectivity index (χ3v) is 3.05. The van der Waals surface area contributed by atoms with Crippen LogP contribution in [0.4, 0.5) is 0 Å². The average Bonchev–Trinajstić information content (AvgIpc) is 2.57. The summed E-state index contributed by atoms with van der Waals surface area (Å²) in [4.78, 5) is 0. The van der Waals surface area contributed by atoms with Gasteiger partial charge in [-0.05, 0) is 50.5 Å². The third kappa shape index (κ3) is 1.85. The zero-order chi connectivity index (χ0) is 11.7. The standard InChI is InChI=1S/C14H19NO/c1-10(2)15-9-11(3)13-8-12(6-7-16)4-5-14(13)15/h4-5,8-10,16H,6-7H2,1-3H3. The zero-order valence-corrected chi connectivity index (χ0v) is 10.2. The van der Waals surface area contributed by atoms with Crippen LogP contribution in [0.15, 0.2) is 24.4 Å². The lowest BCUT2D eigenvalue weighted by atomic mass is 10.1. The second kappa shape index (κ2) is 4.30. The molecule has 2 rings (SSSR count). The van der Waals surface area contributed by atoms with Crippen molar-refractivity contribution < 1.29 is 5.11 Å². The number of hydrogen-bond donors (Lipinski definition) is 1. The first-order valence-electron chi connectivity index (χ1n) is 5.84. The Hall–Kier alpha value is -1.28. The second-order valence-electron chi connectivity index (χ2n) is 4.64. The Labute approximate surface area is 96.5 Å². The van der Waals surface area contributed by atoms with Crippen LogP contribution in [0.2, 0.25) is 0 Å². The molecule has 0 fully saturated rings. The molecule has 0 bridgehead atoms. The molecule has 0 atom stereocenters. The van der Waals surface area contributed by atoms with Crippen LogP contribution in [0.3, 0.4) is 0 Å². The van der Waals surface area contributed by atoms with Gasteiger partial charge in [-0.3, -0.25) is 0 Å². The number of aliphatic hydroxyl groups excluding tert-OH is 1. The van der Waals surface area contributed by atoms with Crippen molar-refractivity contribution in [1.82, 2.24) is 4.57 Å². The molecule has 0 spiro atoms. The lowest BCUT2D eigenvalue weighted by Crippen LogP contribution is -1.98. The number of nitrogens with zero attached hydrogens (tertiary/aromatic N) is 1. The molecule has 0 amide bonds. The van der Waals surface area contributed by atoms with E-state index < -0.39 is 0 Å². The van der Waals surface area contributed by atoms with Gasteiger partial charge < -0.3 is 9.67 Å². The molecule has 0 aliphatic heterocycles. The summed E-state index contributed by atoms with van der Waals surface area (Å²) >= 11 is 0. The van der Waals surface area contributed by atoms with Gasteiger partial charge in [0, 0.05) is 29.7 Å². The molecule has 0 aliphatic carbocycles. The second-order valence-corrected chi connectivity index (χ2v) is 4.64. The average molecular weight is 217 g/mol. The van der Waals surface area contributed by atoms with Crippen LogP contribution in [0.1, 0.15) is 31.0 Å². The Balaban J connectivity index is 2.57. The number of benzene rings is 1. The van der Waals surface area contributed by atoms with Crippen molar-refractivity contribution in [2.24, 2.45) is 0 Å². The van der Waals surface area contributed by atoms with E-state index in [4.69, 9.17) is 5.11 Å². The monoisotopic (exact) mass is 217 g/mol. The van der Waals surface area contributed by atoms with Crippen LogP contribution in [0.25, 0.3) is 10.9 Å². The van der Waals surface area contributed by atoms with Gasteiger partial charge in [-0.25, -0.2) is 0 Å². The highest BCUT2D eigenvalue weighted by atomic mass is 16.2. The van der Waals surface area contributed by atoms with Crippen LogP contribution < -0.4 is 0 Å². The van der Waals surface area contributed by atoms with Gasteiger partial charge in [-0.1, -0.05) is 6.07 Å². The molecule has 16 heavy (non-hydrogen) atoms. The van der Waals surface area contributed by atoms with Gasteiger partial charge in [-0.15, -0.1) is 0 Å². The van der Waals surface area contributed by atoms with Gasteiger partial charge in [0.05, 0.1) is 0 Å². The molecule has 1 heterocycles. The van der Waals surface area contributed by atoms with Gasteiger partial charge in [0.25, 0.3) is 0 Å². The minimum atomic E-state index is 0.218. The van der Waals surface area contributed by atoms with Crippen molar-refractivity contribution in [1.29, 1.82) is 0 Å². The molecule has 0 aliphatic rings. The van der Waals surface area contributed by atoms with E-state index in [1.54, 1.807) is 0 Å². The molecule has 1 N–H and O–H groups in total. The first kappa shape index (κ1) is 11.2. The van der Waals surface area contributed by atoms with Gasteiger partial charge in [0.2, 0.25) is 0 Å². The minimum Gasteiger partial charge on any atom is -0.396 e. The van der Waals surface area contributed by atoms with Crippen LogP contribution in [0.5, 0.6) is 0 Å². The Morgan fingerprint density at radius 1 is 1.31 bits per heavy atom. The number of rotatable bonds is 3. The lowest BCUT2D eigenvalue weighted by molar-refractivity contribution is 0.299. The first-order chi connectivity index (χ1) is 7.63. The molecule has 0 saturated carbocycles. The maximum absolute atomic E-state index is 8.95. The first-order valence-corrected chi connectivity index (χ1v) is 5.84. The summed E-state index contributed by atoms with van der Waals surface area (Å²) in [6, 6.07) is 6.95.